The van der Waals surface area contributed by atoms with Crippen LogP contribution in [0.25, 0.3) is 0 Å². The smallest absolute Gasteiger partial charge is 0.236 e. The number of benzene rings is 4. The first-order valence-electron chi connectivity index (χ1n) is 23.8. The molecule has 0 aliphatic carbocycles. The third kappa shape index (κ3) is 12.0. The van der Waals surface area contributed by atoms with E-state index in [0.717, 1.165) is 0 Å². The Kier molecular flexibility index (Phi) is 17.2. The lowest BCUT2D eigenvalue weighted by Crippen LogP contribution is -2.52. The molecule has 2 aromatic heterocycles. The number of halogens is 1. The van der Waals surface area contributed by atoms with Gasteiger partial charge in [0.05, 0.1) is 24.7 Å². The largest absolute Gasteiger partial charge is 0.348 e. The number of amides is 2. The number of rotatable bonds is 14. The zero-order valence-electron chi connectivity index (χ0n) is 41.1. The molecule has 0 spiro atoms. The van der Waals surface area contributed by atoms with E-state index in [1.165, 1.54) is 15.9 Å². The summed E-state index contributed by atoms with van der Waals surface area (Å²) in [6.07, 6.45) is 6.19. The van der Waals surface area contributed by atoms with E-state index < -0.39 is 35.5 Å². The van der Waals surface area contributed by atoms with Crippen LogP contribution < -0.4 is 0 Å². The maximum Gasteiger partial charge on any atom is 0.236 e. The van der Waals surface area contributed by atoms with Crippen LogP contribution in [-0.4, -0.2) is 132 Å². The number of Topliss-reactive ketones (excluding diaryl/α,β-unsaturated/α-hetero) is 4. The number of carbonyl (C=O) groups is 6. The number of hydrogen-bond acceptors (Lipinski definition) is 11. The van der Waals surface area contributed by atoms with E-state index in [2.05, 4.69) is 16.0 Å². The number of carbonyl (C=O) groups excluding carboxylic acids is 6. The van der Waals surface area contributed by atoms with E-state index >= 15 is 0 Å². The molecule has 0 bridgehead atoms. The van der Waals surface area contributed by atoms with Gasteiger partial charge >= 0.3 is 0 Å². The van der Waals surface area contributed by atoms with Crippen LogP contribution in [0, 0.1) is 47.7 Å². The molecule has 4 heterocycles. The van der Waals surface area contributed by atoms with Crippen LogP contribution in [-0.2, 0) is 9.59 Å². The van der Waals surface area contributed by atoms with E-state index in [4.69, 9.17) is 0 Å². The highest BCUT2D eigenvalue weighted by atomic mass is 19.1. The first-order chi connectivity index (χ1) is 34.7. The van der Waals surface area contributed by atoms with Gasteiger partial charge in [-0.2, -0.15) is 5.26 Å². The molecular formula is C58H58FN7O6. The van der Waals surface area contributed by atoms with Gasteiger partial charge in [-0.05, 0) is 60.0 Å². The zero-order valence-corrected chi connectivity index (χ0v) is 41.1. The molecule has 4 atom stereocenters. The highest BCUT2D eigenvalue weighted by molar-refractivity contribution is 6.03. The number of piperidine rings is 2. The highest BCUT2D eigenvalue weighted by Gasteiger charge is 2.47. The van der Waals surface area contributed by atoms with Gasteiger partial charge < -0.3 is 9.80 Å². The first-order valence-corrected chi connectivity index (χ1v) is 23.8. The second-order valence-corrected chi connectivity index (χ2v) is 18.8. The van der Waals surface area contributed by atoms with Crippen molar-refractivity contribution in [2.45, 2.75) is 18.8 Å². The maximum absolute atomic E-state index is 14.7. The third-order valence-electron chi connectivity index (χ3n) is 13.8. The topological polar surface area (TPSA) is 165 Å². The molecule has 368 valence electrons. The number of ketones is 4. The Balaban J connectivity index is 0.000000211. The average Bonchev–Trinajstić information content (AvgIpc) is 3.41. The Bertz CT molecular complexity index is 2810. The maximum atomic E-state index is 14.7. The summed E-state index contributed by atoms with van der Waals surface area (Å²) >= 11 is 0. The molecule has 0 radical (unpaired) electrons. The summed E-state index contributed by atoms with van der Waals surface area (Å²) < 4.78 is 14.7. The van der Waals surface area contributed by atoms with Crippen molar-refractivity contribution in [3.63, 3.8) is 0 Å². The van der Waals surface area contributed by atoms with E-state index in [1.807, 2.05) is 58.3 Å². The van der Waals surface area contributed by atoms with Gasteiger partial charge in [-0.3, -0.25) is 48.5 Å². The molecule has 0 unspecified atom stereocenters. The van der Waals surface area contributed by atoms with Crippen molar-refractivity contribution in [3.8, 4) is 6.07 Å². The number of likely N-dealkylation sites (N-methyl/N-ethyl adjacent to an activating group) is 2. The van der Waals surface area contributed by atoms with Crippen LogP contribution >= 0.6 is 0 Å². The van der Waals surface area contributed by atoms with Crippen molar-refractivity contribution in [3.05, 3.63) is 203 Å². The molecule has 13 nitrogen and oxygen atoms in total. The van der Waals surface area contributed by atoms with E-state index in [-0.39, 0.29) is 66.9 Å². The van der Waals surface area contributed by atoms with Gasteiger partial charge in [0.25, 0.3) is 0 Å². The molecule has 2 saturated heterocycles. The van der Waals surface area contributed by atoms with Crippen LogP contribution in [0.3, 0.4) is 0 Å². The Morgan fingerprint density at radius 2 is 0.861 bits per heavy atom. The van der Waals surface area contributed by atoms with Crippen molar-refractivity contribution in [1.29, 1.82) is 5.26 Å². The number of pyridine rings is 2. The molecule has 14 heteroatoms. The van der Waals surface area contributed by atoms with E-state index in [1.54, 1.807) is 133 Å². The molecule has 4 aromatic carbocycles. The summed E-state index contributed by atoms with van der Waals surface area (Å²) in [4.78, 5) is 95.7. The quantitative estimate of drug-likeness (QED) is 0.0996. The summed E-state index contributed by atoms with van der Waals surface area (Å²) in [5.41, 5.74) is 4.23. The van der Waals surface area contributed by atoms with Crippen LogP contribution in [0.1, 0.15) is 75.5 Å². The fourth-order valence-corrected chi connectivity index (χ4v) is 10.0. The number of aromatic nitrogens is 2. The zero-order chi connectivity index (χ0) is 51.5. The minimum Gasteiger partial charge on any atom is -0.348 e. The predicted octanol–water partition coefficient (Wildman–Crippen LogP) is 7.45. The highest BCUT2D eigenvalue weighted by Crippen LogP contribution is 2.44. The van der Waals surface area contributed by atoms with Crippen LogP contribution in [0.5, 0.6) is 0 Å². The Morgan fingerprint density at radius 1 is 0.514 bits per heavy atom. The summed E-state index contributed by atoms with van der Waals surface area (Å²) in [6.45, 7) is 3.02. The van der Waals surface area contributed by atoms with Gasteiger partial charge in [-0.15, -0.1) is 0 Å². The fraction of sp³-hybridized carbons (Fsp3) is 0.293. The van der Waals surface area contributed by atoms with Gasteiger partial charge in [0.15, 0.2) is 23.1 Å². The van der Waals surface area contributed by atoms with Crippen molar-refractivity contribution in [2.24, 2.45) is 23.7 Å². The summed E-state index contributed by atoms with van der Waals surface area (Å²) in [6, 6.07) is 38.8. The van der Waals surface area contributed by atoms with Gasteiger partial charge in [0, 0.05) is 137 Å². The molecular weight excluding hydrogens is 910 g/mol. The molecule has 2 amide bonds. The number of hydrogen-bond donors (Lipinski definition) is 0. The molecule has 2 fully saturated rings. The van der Waals surface area contributed by atoms with Gasteiger partial charge in [-0.1, -0.05) is 91.0 Å². The second kappa shape index (κ2) is 23.8. The fourth-order valence-electron chi connectivity index (χ4n) is 10.0. The van der Waals surface area contributed by atoms with Crippen molar-refractivity contribution in [1.82, 2.24) is 29.6 Å². The van der Waals surface area contributed by atoms with E-state index in [9.17, 15) is 38.4 Å². The summed E-state index contributed by atoms with van der Waals surface area (Å²) in [5.74, 6) is -4.78. The average molecular weight is 968 g/mol. The standard InChI is InChI=1S/C30H29N3O3.C28H29FN4O3/c1-32(2)27(34)20-33-18-25(29(35)21-11-5-3-6-12-21)28(24-16-10-9-15-23(24)17-31)26(19-33)30(36)22-13-7-4-8-14-22;1-18-21(5-4-6-24(18)29)26-22(27(35)19-7-11-30-12-8-19)15-33(17-25(34)32(2)3)16-23(26)28(36)20-9-13-31-14-10-20/h3-16,25-26,28H,18-20H2,1-2H3;4-14,22-23,26H,15-17H2,1-3H3/t25-,26-;22-,23-/m00/s1. The van der Waals surface area contributed by atoms with E-state index in [0.29, 0.717) is 57.6 Å². The Hall–Kier alpha value is -7.86. The molecule has 8 rings (SSSR count). The number of likely N-dealkylation sites (tertiary alicyclic amines) is 2. The minimum atomic E-state index is -0.674. The molecule has 2 aliphatic heterocycles. The normalized spacial score (nSPS) is 18.4. The van der Waals surface area contributed by atoms with Gasteiger partial charge in [-0.25, -0.2) is 4.39 Å². The summed E-state index contributed by atoms with van der Waals surface area (Å²) in [7, 11) is 6.73. The van der Waals surface area contributed by atoms with Gasteiger partial charge in [0.2, 0.25) is 11.8 Å². The van der Waals surface area contributed by atoms with Crippen molar-refractivity contribution in [2.75, 3.05) is 67.5 Å². The lowest BCUT2D eigenvalue weighted by atomic mass is 9.68. The van der Waals surface area contributed by atoms with Crippen LogP contribution in [0.4, 0.5) is 4.39 Å². The lowest BCUT2D eigenvalue weighted by molar-refractivity contribution is -0.131. The molecule has 6 aromatic rings. The summed E-state index contributed by atoms with van der Waals surface area (Å²) in [5, 5.41) is 9.88. The lowest BCUT2D eigenvalue weighted by Gasteiger charge is -2.43. The first kappa shape index (κ1) is 52.0. The molecule has 0 N–H and O–H groups in total. The van der Waals surface area contributed by atoms with Gasteiger partial charge in [0.1, 0.15) is 5.82 Å². The third-order valence-corrected chi connectivity index (χ3v) is 13.8. The Labute approximate surface area is 419 Å². The van der Waals surface area contributed by atoms with Crippen molar-refractivity contribution < 1.29 is 33.2 Å². The number of nitrogens with zero attached hydrogens (tertiary/aromatic N) is 7. The van der Waals surface area contributed by atoms with Crippen LogP contribution in [0.15, 0.2) is 152 Å². The predicted molar refractivity (Wildman–Crippen MR) is 271 cm³/mol. The Morgan fingerprint density at radius 3 is 1.25 bits per heavy atom. The molecule has 0 saturated carbocycles. The minimum absolute atomic E-state index is 0.0715. The monoisotopic (exact) mass is 967 g/mol. The molecule has 2 aliphatic rings. The number of nitriles is 1. The molecule has 72 heavy (non-hydrogen) atoms. The van der Waals surface area contributed by atoms with Crippen LogP contribution in [0.2, 0.25) is 0 Å². The SMILES string of the molecule is CN(C)C(=O)CN1C[C@H](C(=O)c2ccccc2)C(c2ccccc2C#N)[C@@H](C(=O)c2ccccc2)C1.Cc1c(F)cccc1C1[C@@H](C(=O)c2ccncc2)CN(CC(=O)N(C)C)C[C@@H]1C(=O)c1ccncc1. The second-order valence-electron chi connectivity index (χ2n) is 18.8. The van der Waals surface area contributed by atoms with Crippen molar-refractivity contribution >= 4 is 34.9 Å².